The number of carbonyl (C=O) groups is 3. The van der Waals surface area contributed by atoms with Crippen LogP contribution in [0.1, 0.15) is 31.1 Å². The second-order valence-corrected chi connectivity index (χ2v) is 4.62. The maximum atomic E-state index is 12.3. The van der Waals surface area contributed by atoms with Crippen LogP contribution in [0.25, 0.3) is 0 Å². The topological polar surface area (TPSA) is 71.4 Å². The predicted octanol–water partition coefficient (Wildman–Crippen LogP) is 2.27. The molecule has 0 amide bonds. The molecule has 0 unspecified atom stereocenters. The highest BCUT2D eigenvalue weighted by Gasteiger charge is 2.43. The highest BCUT2D eigenvalue weighted by molar-refractivity contribution is 6.37. The molecule has 2 aromatic rings. The maximum Gasteiger partial charge on any atom is 0.182 e. The summed E-state index contributed by atoms with van der Waals surface area (Å²) < 4.78 is 0. The van der Waals surface area contributed by atoms with Crippen LogP contribution in [0, 0.1) is 5.92 Å². The van der Waals surface area contributed by atoms with Gasteiger partial charge in [0, 0.05) is 16.7 Å². The first-order chi connectivity index (χ1) is 9.59. The zero-order chi connectivity index (χ0) is 14.3. The summed E-state index contributed by atoms with van der Waals surface area (Å²) in [5.74, 6) is -2.71. The third kappa shape index (κ3) is 1.73. The Labute approximate surface area is 114 Å². The van der Waals surface area contributed by atoms with Crippen molar-refractivity contribution in [2.45, 2.75) is 0 Å². The van der Waals surface area contributed by atoms with Gasteiger partial charge >= 0.3 is 0 Å². The summed E-state index contributed by atoms with van der Waals surface area (Å²) in [7, 11) is 0. The first-order valence-electron chi connectivity index (χ1n) is 6.10. The van der Waals surface area contributed by atoms with Gasteiger partial charge in [-0.2, -0.15) is 0 Å². The van der Waals surface area contributed by atoms with Gasteiger partial charge in [0.05, 0.1) is 0 Å². The van der Waals surface area contributed by atoms with E-state index in [1.54, 1.807) is 24.3 Å². The van der Waals surface area contributed by atoms with Crippen LogP contribution in [0.5, 0.6) is 5.75 Å². The normalized spacial score (nSPS) is 14.4. The average molecular weight is 266 g/mol. The second kappa shape index (κ2) is 4.42. The van der Waals surface area contributed by atoms with Crippen molar-refractivity contribution in [2.24, 2.45) is 5.92 Å². The second-order valence-electron chi connectivity index (χ2n) is 4.62. The summed E-state index contributed by atoms with van der Waals surface area (Å²) in [6, 6.07) is 11.9. The van der Waals surface area contributed by atoms with Gasteiger partial charge in [0.25, 0.3) is 0 Å². The molecule has 0 fully saturated rings. The van der Waals surface area contributed by atoms with Crippen molar-refractivity contribution in [1.82, 2.24) is 0 Å². The summed E-state index contributed by atoms with van der Waals surface area (Å²) in [6.45, 7) is 0. The Morgan fingerprint density at radius 1 is 0.850 bits per heavy atom. The molecule has 0 saturated carbocycles. The first-order valence-corrected chi connectivity index (χ1v) is 6.10. The van der Waals surface area contributed by atoms with Crippen LogP contribution >= 0.6 is 0 Å². The third-order valence-corrected chi connectivity index (χ3v) is 3.40. The molecule has 0 saturated heterocycles. The zero-order valence-corrected chi connectivity index (χ0v) is 10.4. The molecule has 3 rings (SSSR count). The molecule has 1 N–H and O–H groups in total. The smallest absolute Gasteiger partial charge is 0.182 e. The van der Waals surface area contributed by atoms with Crippen LogP contribution in [-0.2, 0) is 0 Å². The lowest BCUT2D eigenvalue weighted by atomic mass is 9.93. The minimum absolute atomic E-state index is 0.0221. The molecule has 4 heteroatoms. The molecule has 0 atom stereocenters. The van der Waals surface area contributed by atoms with Crippen LogP contribution in [0.4, 0.5) is 0 Å². The average Bonchev–Trinajstić information content (AvgIpc) is 2.72. The number of carbonyl (C=O) groups excluding carboxylic acids is 3. The van der Waals surface area contributed by atoms with E-state index in [0.29, 0.717) is 11.1 Å². The molecule has 2 aromatic carbocycles. The van der Waals surface area contributed by atoms with Crippen molar-refractivity contribution in [3.63, 3.8) is 0 Å². The van der Waals surface area contributed by atoms with Crippen LogP contribution in [0.15, 0.2) is 48.5 Å². The Kier molecular flexibility index (Phi) is 2.71. The summed E-state index contributed by atoms with van der Waals surface area (Å²) in [5, 5.41) is 9.20. The lowest BCUT2D eigenvalue weighted by Gasteiger charge is -2.06. The van der Waals surface area contributed by atoms with Crippen LogP contribution in [0.2, 0.25) is 0 Å². The summed E-state index contributed by atoms with van der Waals surface area (Å²) in [5.41, 5.74) is 0.839. The van der Waals surface area contributed by atoms with Crippen LogP contribution < -0.4 is 0 Å². The van der Waals surface area contributed by atoms with Gasteiger partial charge in [-0.05, 0) is 24.3 Å². The maximum absolute atomic E-state index is 12.3. The molecular weight excluding hydrogens is 256 g/mol. The lowest BCUT2D eigenvalue weighted by Crippen LogP contribution is -2.25. The number of ketones is 3. The van der Waals surface area contributed by atoms with E-state index in [-0.39, 0.29) is 11.3 Å². The molecule has 0 aliphatic heterocycles. The Hall–Kier alpha value is -2.75. The highest BCUT2D eigenvalue weighted by Crippen LogP contribution is 2.29. The minimum Gasteiger partial charge on any atom is -0.508 e. The van der Waals surface area contributed by atoms with Crippen LogP contribution in [-0.4, -0.2) is 22.5 Å². The highest BCUT2D eigenvalue weighted by atomic mass is 16.3. The number of hydrogen-bond acceptors (Lipinski definition) is 4. The van der Waals surface area contributed by atoms with Gasteiger partial charge in [-0.3, -0.25) is 14.4 Å². The van der Waals surface area contributed by atoms with Gasteiger partial charge in [-0.15, -0.1) is 0 Å². The number of fused-ring (bicyclic) bond motifs is 1. The lowest BCUT2D eigenvalue weighted by molar-refractivity contribution is 0.0756. The Balaban J connectivity index is 2.00. The van der Waals surface area contributed by atoms with E-state index in [0.717, 1.165) is 0 Å². The van der Waals surface area contributed by atoms with E-state index in [4.69, 9.17) is 0 Å². The van der Waals surface area contributed by atoms with Crippen molar-refractivity contribution in [1.29, 1.82) is 0 Å². The van der Waals surface area contributed by atoms with Gasteiger partial charge < -0.3 is 5.11 Å². The van der Waals surface area contributed by atoms with Gasteiger partial charge in [0.1, 0.15) is 11.7 Å². The number of Topliss-reactive ketones (excluding diaryl/α,β-unsaturated/α-hetero) is 3. The van der Waals surface area contributed by atoms with E-state index in [2.05, 4.69) is 0 Å². The standard InChI is InChI=1S/C16H10O4/c17-10-7-5-9(6-8-10)14(18)13-15(19)11-3-1-2-4-12(11)16(13)20/h1-8,13,17H. The fraction of sp³-hybridized carbons (Fsp3) is 0.0625. The SMILES string of the molecule is O=C(c1ccc(O)cc1)C1C(=O)c2ccccc2C1=O. The molecule has 0 spiro atoms. The Morgan fingerprint density at radius 3 is 1.85 bits per heavy atom. The number of benzene rings is 2. The fourth-order valence-corrected chi connectivity index (χ4v) is 2.37. The number of phenols is 1. The zero-order valence-electron chi connectivity index (χ0n) is 10.4. The van der Waals surface area contributed by atoms with Crippen molar-refractivity contribution in [3.05, 3.63) is 65.2 Å². The molecule has 1 aliphatic carbocycles. The van der Waals surface area contributed by atoms with E-state index in [1.807, 2.05) is 0 Å². The molecule has 0 radical (unpaired) electrons. The van der Waals surface area contributed by atoms with Gasteiger partial charge in [-0.1, -0.05) is 24.3 Å². The van der Waals surface area contributed by atoms with Crippen molar-refractivity contribution >= 4 is 17.3 Å². The molecule has 0 bridgehead atoms. The van der Waals surface area contributed by atoms with Crippen LogP contribution in [0.3, 0.4) is 0 Å². The first kappa shape index (κ1) is 12.3. The van der Waals surface area contributed by atoms with E-state index < -0.39 is 23.3 Å². The predicted molar refractivity (Wildman–Crippen MR) is 71.0 cm³/mol. The quantitative estimate of drug-likeness (QED) is 0.668. The number of phenolic OH excluding ortho intramolecular Hbond substituents is 1. The number of rotatable bonds is 2. The van der Waals surface area contributed by atoms with Gasteiger partial charge in [0.15, 0.2) is 17.3 Å². The summed E-state index contributed by atoms with van der Waals surface area (Å²) in [4.78, 5) is 36.7. The number of aromatic hydroxyl groups is 1. The summed E-state index contributed by atoms with van der Waals surface area (Å²) in [6.07, 6.45) is 0. The number of hydrogen-bond donors (Lipinski definition) is 1. The largest absolute Gasteiger partial charge is 0.508 e. The van der Waals surface area contributed by atoms with Crippen molar-refractivity contribution in [3.8, 4) is 5.75 Å². The third-order valence-electron chi connectivity index (χ3n) is 3.40. The molecule has 0 heterocycles. The summed E-state index contributed by atoms with van der Waals surface area (Å²) >= 11 is 0. The van der Waals surface area contributed by atoms with Crippen molar-refractivity contribution < 1.29 is 19.5 Å². The van der Waals surface area contributed by atoms with Crippen molar-refractivity contribution in [2.75, 3.05) is 0 Å². The molecular formula is C16H10O4. The van der Waals surface area contributed by atoms with Gasteiger partial charge in [-0.25, -0.2) is 0 Å². The van der Waals surface area contributed by atoms with E-state index in [9.17, 15) is 19.5 Å². The molecule has 1 aliphatic rings. The molecule has 20 heavy (non-hydrogen) atoms. The Morgan fingerprint density at radius 2 is 1.35 bits per heavy atom. The Bertz CT molecular complexity index is 693. The molecule has 98 valence electrons. The molecule has 4 nitrogen and oxygen atoms in total. The fourth-order valence-electron chi connectivity index (χ4n) is 2.37. The van der Waals surface area contributed by atoms with E-state index in [1.165, 1.54) is 24.3 Å². The monoisotopic (exact) mass is 266 g/mol. The molecule has 0 aromatic heterocycles. The minimum atomic E-state index is -1.29. The van der Waals surface area contributed by atoms with Gasteiger partial charge in [0.2, 0.25) is 0 Å². The van der Waals surface area contributed by atoms with E-state index >= 15 is 0 Å².